The number of allylic oxidation sites excluding steroid dienone is 5. The molecular weight excluding hydrogens is 793 g/mol. The molecule has 0 bridgehead atoms. The summed E-state index contributed by atoms with van der Waals surface area (Å²) in [6, 6.07) is 14.2. The predicted octanol–water partition coefficient (Wildman–Crippen LogP) is 13.7. The lowest BCUT2D eigenvalue weighted by atomic mass is 10.0. The molecule has 0 amide bonds. The van der Waals surface area contributed by atoms with E-state index in [4.69, 9.17) is 18.9 Å². The Kier molecular flexibility index (Phi) is 23.5. The summed E-state index contributed by atoms with van der Waals surface area (Å²) >= 11 is 3.17. The van der Waals surface area contributed by atoms with Crippen molar-refractivity contribution in [3.8, 4) is 10.4 Å². The van der Waals surface area contributed by atoms with Crippen molar-refractivity contribution in [3.63, 3.8) is 0 Å². The molecule has 0 aliphatic carbocycles. The summed E-state index contributed by atoms with van der Waals surface area (Å²) in [6.45, 7) is 20.2. The molecule has 3 rings (SSSR count). The van der Waals surface area contributed by atoms with Crippen molar-refractivity contribution in [1.82, 2.24) is 0 Å². The number of unbranched alkanes of at least 4 members (excludes halogenated alkanes) is 8. The van der Waals surface area contributed by atoms with Crippen molar-refractivity contribution in [2.75, 3.05) is 26.4 Å². The van der Waals surface area contributed by atoms with Crippen molar-refractivity contribution in [1.29, 1.82) is 0 Å². The van der Waals surface area contributed by atoms with E-state index in [1.165, 1.54) is 6.07 Å². The lowest BCUT2D eigenvalue weighted by Crippen LogP contribution is -2.11. The molecule has 0 radical (unpaired) electrons. The number of rotatable bonds is 30. The Morgan fingerprint density at radius 3 is 1.30 bits per heavy atom. The Balaban J connectivity index is 1.90. The molecule has 1 heterocycles. The van der Waals surface area contributed by atoms with Gasteiger partial charge in [0.15, 0.2) is 0 Å². The first-order valence-electron chi connectivity index (χ1n) is 21.0. The molecule has 1 unspecified atom stereocenters. The molecule has 0 aliphatic heterocycles. The van der Waals surface area contributed by atoms with Crippen LogP contribution in [0.5, 0.6) is 0 Å². The largest absolute Gasteiger partial charge is 0.462 e. The number of benzene rings is 2. The Hall–Kier alpha value is -4.93. The zero-order valence-electron chi connectivity index (χ0n) is 35.5. The number of esters is 4. The van der Waals surface area contributed by atoms with Crippen molar-refractivity contribution >= 4 is 51.9 Å². The molecule has 0 saturated carbocycles. The maximum Gasteiger partial charge on any atom is 0.338 e. The highest BCUT2D eigenvalue weighted by Gasteiger charge is 2.21. The first-order chi connectivity index (χ1) is 29.1. The van der Waals surface area contributed by atoms with Crippen LogP contribution in [0.2, 0.25) is 0 Å². The van der Waals surface area contributed by atoms with E-state index >= 15 is 0 Å². The van der Waals surface area contributed by atoms with Crippen LogP contribution < -0.4 is 0 Å². The summed E-state index contributed by atoms with van der Waals surface area (Å²) in [6.07, 6.45) is 19.8. The molecule has 0 saturated heterocycles. The zero-order chi connectivity index (χ0) is 43.5. The van der Waals surface area contributed by atoms with Crippen LogP contribution in [-0.2, 0) is 18.9 Å². The number of carbonyl (C=O) groups excluding carboxylic acids is 4. The highest BCUT2D eigenvalue weighted by atomic mass is 32.2. The third-order valence-electron chi connectivity index (χ3n) is 9.24. The fourth-order valence-corrected chi connectivity index (χ4v) is 8.27. The second kappa shape index (κ2) is 28.5. The van der Waals surface area contributed by atoms with E-state index in [9.17, 15) is 19.2 Å². The van der Waals surface area contributed by atoms with Gasteiger partial charge in [0.25, 0.3) is 0 Å². The molecule has 322 valence electrons. The standard InChI is InChI=1S/C50H62O8S2/c1-7-12-16-20-27-55-47(51)40-31-38(32-41(35-40)48(52)56-28-21-17-13-8-2)45(24-11-5)59-37(6)44-25-26-46(60-44)39-33-42(49(53)57-29-22-18-14-9-3)36-43(34-39)50(54)58-30-23-19-15-10-4/h7-10,24-26,31-37H,1-4,11-23,27-30H2,5-6H3/b45-24-. The van der Waals surface area contributed by atoms with Crippen LogP contribution in [0.4, 0.5) is 0 Å². The third-order valence-corrected chi connectivity index (χ3v) is 12.0. The Bertz CT molecular complexity index is 1830. The van der Waals surface area contributed by atoms with E-state index in [0.29, 0.717) is 36.8 Å². The van der Waals surface area contributed by atoms with Crippen LogP contribution in [0.15, 0.2) is 105 Å². The maximum atomic E-state index is 13.3. The Morgan fingerprint density at radius 2 is 0.933 bits per heavy atom. The van der Waals surface area contributed by atoms with Gasteiger partial charge in [-0.05, 0) is 150 Å². The Labute approximate surface area is 365 Å². The van der Waals surface area contributed by atoms with Gasteiger partial charge < -0.3 is 18.9 Å². The van der Waals surface area contributed by atoms with E-state index in [0.717, 1.165) is 72.4 Å². The van der Waals surface area contributed by atoms with E-state index in [1.54, 1.807) is 53.4 Å². The lowest BCUT2D eigenvalue weighted by molar-refractivity contribution is 0.0478. The normalized spacial score (nSPS) is 11.6. The predicted molar refractivity (Wildman–Crippen MR) is 248 cm³/mol. The van der Waals surface area contributed by atoms with Crippen LogP contribution >= 0.6 is 23.1 Å². The number of hydrogen-bond acceptors (Lipinski definition) is 10. The summed E-state index contributed by atoms with van der Waals surface area (Å²) in [5, 5.41) is -0.0500. The monoisotopic (exact) mass is 854 g/mol. The van der Waals surface area contributed by atoms with E-state index < -0.39 is 23.9 Å². The van der Waals surface area contributed by atoms with Crippen LogP contribution in [0.25, 0.3) is 15.3 Å². The first-order valence-corrected chi connectivity index (χ1v) is 22.7. The molecule has 60 heavy (non-hydrogen) atoms. The van der Waals surface area contributed by atoms with Gasteiger partial charge in [-0.3, -0.25) is 0 Å². The molecular formula is C50H62O8S2. The van der Waals surface area contributed by atoms with Crippen LogP contribution in [0, 0.1) is 0 Å². The van der Waals surface area contributed by atoms with Crippen LogP contribution in [0.3, 0.4) is 0 Å². The zero-order valence-corrected chi connectivity index (χ0v) is 37.1. The number of ether oxygens (including phenoxy) is 4. The molecule has 10 heteroatoms. The molecule has 1 atom stereocenters. The molecule has 2 aromatic carbocycles. The topological polar surface area (TPSA) is 105 Å². The van der Waals surface area contributed by atoms with E-state index in [2.05, 4.69) is 39.3 Å². The van der Waals surface area contributed by atoms with Gasteiger partial charge in [-0.15, -0.1) is 49.4 Å². The van der Waals surface area contributed by atoms with Crippen molar-refractivity contribution in [2.45, 2.75) is 103 Å². The fourth-order valence-electron chi connectivity index (χ4n) is 5.96. The summed E-state index contributed by atoms with van der Waals surface area (Å²) in [4.78, 5) is 55.9. The third kappa shape index (κ3) is 17.3. The maximum absolute atomic E-state index is 13.3. The van der Waals surface area contributed by atoms with Gasteiger partial charge in [-0.2, -0.15) is 0 Å². The number of thiophene rings is 1. The molecule has 1 aromatic heterocycles. The average molecular weight is 855 g/mol. The highest BCUT2D eigenvalue weighted by Crippen LogP contribution is 2.44. The van der Waals surface area contributed by atoms with E-state index in [-0.39, 0.29) is 53.9 Å². The number of carbonyl (C=O) groups is 4. The number of hydrogen-bond donors (Lipinski definition) is 0. The van der Waals surface area contributed by atoms with Crippen LogP contribution in [0.1, 0.15) is 154 Å². The molecule has 3 aromatic rings. The second-order valence-electron chi connectivity index (χ2n) is 14.2. The van der Waals surface area contributed by atoms with Crippen molar-refractivity contribution < 1.29 is 38.1 Å². The minimum Gasteiger partial charge on any atom is -0.462 e. The molecule has 0 aliphatic rings. The van der Waals surface area contributed by atoms with Gasteiger partial charge >= 0.3 is 23.9 Å². The van der Waals surface area contributed by atoms with Gasteiger partial charge in [0.2, 0.25) is 0 Å². The minimum atomic E-state index is -0.500. The quantitative estimate of drug-likeness (QED) is 0.0280. The summed E-state index contributed by atoms with van der Waals surface area (Å²) in [5.41, 5.74) is 2.54. The summed E-state index contributed by atoms with van der Waals surface area (Å²) in [7, 11) is 0. The minimum absolute atomic E-state index is 0.0500. The molecule has 0 spiro atoms. The van der Waals surface area contributed by atoms with Gasteiger partial charge in [0.05, 0.1) is 48.7 Å². The van der Waals surface area contributed by atoms with Gasteiger partial charge in [0.1, 0.15) is 0 Å². The SMILES string of the molecule is C=CCCCCOC(=O)c1cc(C(=O)OCCCCC=C)cc(/C(=C/CC)SC(C)c2ccc(-c3cc(C(=O)OCCCCC=C)cc(C(=O)OCCCCC=C)c3)s2)c1. The molecule has 8 nitrogen and oxygen atoms in total. The average Bonchev–Trinajstić information content (AvgIpc) is 3.76. The second-order valence-corrected chi connectivity index (χ2v) is 16.7. The van der Waals surface area contributed by atoms with Crippen LogP contribution in [-0.4, -0.2) is 50.3 Å². The fraction of sp³-hybridized carbons (Fsp3) is 0.400. The summed E-state index contributed by atoms with van der Waals surface area (Å²) in [5.74, 6) is -2.00. The lowest BCUT2D eigenvalue weighted by Gasteiger charge is -2.16. The highest BCUT2D eigenvalue weighted by molar-refractivity contribution is 8.08. The van der Waals surface area contributed by atoms with Gasteiger partial charge in [-0.25, -0.2) is 19.2 Å². The van der Waals surface area contributed by atoms with Gasteiger partial charge in [0, 0.05) is 19.9 Å². The first kappa shape index (κ1) is 49.4. The summed E-state index contributed by atoms with van der Waals surface area (Å²) < 4.78 is 22.4. The smallest absolute Gasteiger partial charge is 0.338 e. The van der Waals surface area contributed by atoms with Crippen molar-refractivity contribution in [2.24, 2.45) is 0 Å². The molecule has 0 fully saturated rings. The number of thioether (sulfide) groups is 1. The van der Waals surface area contributed by atoms with Gasteiger partial charge in [-0.1, -0.05) is 37.3 Å². The van der Waals surface area contributed by atoms with Crippen molar-refractivity contribution in [3.05, 3.63) is 138 Å². The van der Waals surface area contributed by atoms with E-state index in [1.807, 2.05) is 43.4 Å². The Morgan fingerprint density at radius 1 is 0.567 bits per heavy atom. The molecule has 0 N–H and O–H groups in total.